The highest BCUT2D eigenvalue weighted by Crippen LogP contribution is 2.34. The molecule has 5 rings (SSSR count). The van der Waals surface area contributed by atoms with Crippen LogP contribution in [0.3, 0.4) is 0 Å². The van der Waals surface area contributed by atoms with Gasteiger partial charge in [0.2, 0.25) is 5.91 Å². The Morgan fingerprint density at radius 1 is 1.21 bits per heavy atom. The SMILES string of the molecule is CC(=O)c1cn(CC(=O)N2C[C@H](F)C[C@H]2c2ncc(-c3cccc(Br)n3)[nH]2)c2ccccc12. The number of rotatable bonds is 5. The molecule has 3 aromatic heterocycles. The maximum atomic E-state index is 14.4. The van der Waals surface area contributed by atoms with E-state index in [9.17, 15) is 14.0 Å². The number of carbonyl (C=O) groups is 2. The van der Waals surface area contributed by atoms with Gasteiger partial charge in [-0.25, -0.2) is 14.4 Å². The van der Waals surface area contributed by atoms with Crippen molar-refractivity contribution in [2.24, 2.45) is 0 Å². The molecule has 4 heterocycles. The van der Waals surface area contributed by atoms with Crippen molar-refractivity contribution in [3.05, 3.63) is 70.8 Å². The van der Waals surface area contributed by atoms with Gasteiger partial charge in [-0.3, -0.25) is 9.59 Å². The van der Waals surface area contributed by atoms with Crippen LogP contribution in [-0.4, -0.2) is 48.8 Å². The number of imidazole rings is 1. The number of nitrogens with one attached hydrogen (secondary N) is 1. The molecule has 1 aromatic carbocycles. The number of benzene rings is 1. The lowest BCUT2D eigenvalue weighted by Crippen LogP contribution is -2.34. The van der Waals surface area contributed by atoms with Crippen LogP contribution in [0.5, 0.6) is 0 Å². The molecule has 1 aliphatic rings. The molecule has 1 aliphatic heterocycles. The van der Waals surface area contributed by atoms with Gasteiger partial charge in [0.15, 0.2) is 5.78 Å². The number of fused-ring (bicyclic) bond motifs is 1. The number of pyridine rings is 1. The van der Waals surface area contributed by atoms with Crippen LogP contribution in [0.2, 0.25) is 0 Å². The van der Waals surface area contributed by atoms with Crippen LogP contribution < -0.4 is 0 Å². The zero-order valence-corrected chi connectivity index (χ0v) is 19.4. The number of halogens is 2. The van der Waals surface area contributed by atoms with Crippen LogP contribution in [0, 0.1) is 0 Å². The number of aromatic amines is 1. The van der Waals surface area contributed by atoms with Crippen LogP contribution in [0.1, 0.15) is 35.6 Å². The summed E-state index contributed by atoms with van der Waals surface area (Å²) in [6.45, 7) is 1.53. The first-order valence-corrected chi connectivity index (χ1v) is 11.4. The smallest absolute Gasteiger partial charge is 0.243 e. The van der Waals surface area contributed by atoms with Gasteiger partial charge in [0, 0.05) is 29.1 Å². The lowest BCUT2D eigenvalue weighted by molar-refractivity contribution is -0.133. The fraction of sp³-hybridized carbons (Fsp3) is 0.250. The third-order valence-corrected chi connectivity index (χ3v) is 6.39. The molecule has 0 radical (unpaired) electrons. The van der Waals surface area contributed by atoms with E-state index >= 15 is 0 Å². The fourth-order valence-corrected chi connectivity index (χ4v) is 4.75. The maximum absolute atomic E-state index is 14.4. The summed E-state index contributed by atoms with van der Waals surface area (Å²) in [7, 11) is 0. The molecule has 1 amide bonds. The Morgan fingerprint density at radius 2 is 2.03 bits per heavy atom. The Labute approximate surface area is 197 Å². The van der Waals surface area contributed by atoms with Crippen LogP contribution in [0.15, 0.2) is 59.5 Å². The van der Waals surface area contributed by atoms with Gasteiger partial charge in [0.05, 0.1) is 30.2 Å². The number of carbonyl (C=O) groups excluding carboxylic acids is 2. The maximum Gasteiger partial charge on any atom is 0.243 e. The minimum absolute atomic E-state index is 0.00738. The summed E-state index contributed by atoms with van der Waals surface area (Å²) in [5, 5.41) is 0.802. The molecule has 0 saturated carbocycles. The first-order valence-electron chi connectivity index (χ1n) is 10.6. The number of Topliss-reactive ketones (excluding diaryl/α,β-unsaturated/α-hetero) is 1. The van der Waals surface area contributed by atoms with Crippen molar-refractivity contribution in [3.8, 4) is 11.4 Å². The molecule has 4 aromatic rings. The average Bonchev–Trinajstić information content (AvgIpc) is 3.51. The zero-order chi connectivity index (χ0) is 23.1. The van der Waals surface area contributed by atoms with Crippen molar-refractivity contribution in [1.82, 2.24) is 24.4 Å². The minimum atomic E-state index is -1.13. The molecule has 168 valence electrons. The summed E-state index contributed by atoms with van der Waals surface area (Å²) in [6.07, 6.45) is 2.39. The lowest BCUT2D eigenvalue weighted by atomic mass is 10.1. The second-order valence-electron chi connectivity index (χ2n) is 8.17. The first-order chi connectivity index (χ1) is 15.9. The summed E-state index contributed by atoms with van der Waals surface area (Å²) in [5.41, 5.74) is 2.76. The van der Waals surface area contributed by atoms with Gasteiger partial charge in [-0.2, -0.15) is 0 Å². The topological polar surface area (TPSA) is 83.9 Å². The van der Waals surface area contributed by atoms with Crippen LogP contribution in [-0.2, 0) is 11.3 Å². The number of nitrogens with zero attached hydrogens (tertiary/aromatic N) is 4. The van der Waals surface area contributed by atoms with E-state index in [1.807, 2.05) is 42.5 Å². The van der Waals surface area contributed by atoms with E-state index in [1.165, 1.54) is 11.8 Å². The summed E-state index contributed by atoms with van der Waals surface area (Å²) in [5.74, 6) is 0.237. The molecule has 7 nitrogen and oxygen atoms in total. The van der Waals surface area contributed by atoms with Crippen molar-refractivity contribution in [3.63, 3.8) is 0 Å². The fourth-order valence-electron chi connectivity index (χ4n) is 4.41. The van der Waals surface area contributed by atoms with Crippen molar-refractivity contribution < 1.29 is 14.0 Å². The van der Waals surface area contributed by atoms with Crippen molar-refractivity contribution >= 4 is 38.5 Å². The Bertz CT molecular complexity index is 1360. The molecule has 0 spiro atoms. The second kappa shape index (κ2) is 8.55. The number of aromatic nitrogens is 4. The number of hydrogen-bond acceptors (Lipinski definition) is 4. The van der Waals surface area contributed by atoms with Gasteiger partial charge in [-0.15, -0.1) is 0 Å². The molecular weight excluding hydrogens is 489 g/mol. The van der Waals surface area contributed by atoms with Crippen molar-refractivity contribution in [2.75, 3.05) is 6.54 Å². The van der Waals surface area contributed by atoms with Crippen LogP contribution in [0.25, 0.3) is 22.3 Å². The lowest BCUT2D eigenvalue weighted by Gasteiger charge is -2.23. The molecule has 1 saturated heterocycles. The Morgan fingerprint density at radius 3 is 2.82 bits per heavy atom. The largest absolute Gasteiger partial charge is 0.339 e. The van der Waals surface area contributed by atoms with E-state index < -0.39 is 12.2 Å². The van der Waals surface area contributed by atoms with Gasteiger partial charge in [0.25, 0.3) is 0 Å². The Hall–Kier alpha value is -3.33. The van der Waals surface area contributed by atoms with E-state index in [0.717, 1.165) is 10.9 Å². The summed E-state index contributed by atoms with van der Waals surface area (Å²) in [6, 6.07) is 12.5. The number of hydrogen-bond donors (Lipinski definition) is 1. The highest BCUT2D eigenvalue weighted by atomic mass is 79.9. The average molecular weight is 510 g/mol. The quantitative estimate of drug-likeness (QED) is 0.312. The van der Waals surface area contributed by atoms with E-state index in [4.69, 9.17) is 0 Å². The van der Waals surface area contributed by atoms with Gasteiger partial charge in [-0.05, 0) is 41.1 Å². The predicted molar refractivity (Wildman–Crippen MR) is 125 cm³/mol. The van der Waals surface area contributed by atoms with Gasteiger partial charge in [-0.1, -0.05) is 24.3 Å². The highest BCUT2D eigenvalue weighted by Gasteiger charge is 2.38. The van der Waals surface area contributed by atoms with E-state index in [-0.39, 0.29) is 31.2 Å². The summed E-state index contributed by atoms with van der Waals surface area (Å²) < 4.78 is 16.9. The standard InChI is InChI=1S/C24H21BrFN5O2/c1-14(32)17-12-30(20-7-3-2-5-16(17)20)13-23(33)31-11-15(26)9-21(31)24-27-10-19(29-24)18-6-4-8-22(25)28-18/h2-8,10,12,15,21H,9,11,13H2,1H3,(H,27,29)/t15-,21+/m1/s1. The number of ketones is 1. The molecule has 0 bridgehead atoms. The number of alkyl halides is 1. The second-order valence-corrected chi connectivity index (χ2v) is 8.98. The summed E-state index contributed by atoms with van der Waals surface area (Å²) in [4.78, 5) is 38.9. The number of H-pyrrole nitrogens is 1. The van der Waals surface area contributed by atoms with E-state index in [2.05, 4.69) is 30.9 Å². The van der Waals surface area contributed by atoms with E-state index in [1.54, 1.807) is 17.0 Å². The number of amides is 1. The molecule has 1 fully saturated rings. The number of para-hydroxylation sites is 1. The van der Waals surface area contributed by atoms with E-state index in [0.29, 0.717) is 27.4 Å². The third kappa shape index (κ3) is 4.08. The normalized spacial score (nSPS) is 18.2. The summed E-state index contributed by atoms with van der Waals surface area (Å²) >= 11 is 3.36. The van der Waals surface area contributed by atoms with Gasteiger partial charge < -0.3 is 14.5 Å². The predicted octanol–water partition coefficient (Wildman–Crippen LogP) is 4.70. The molecule has 0 aliphatic carbocycles. The Balaban J connectivity index is 1.42. The first kappa shape index (κ1) is 21.5. The number of likely N-dealkylation sites (tertiary alicyclic amines) is 1. The van der Waals surface area contributed by atoms with Crippen LogP contribution >= 0.6 is 15.9 Å². The molecule has 0 unspecified atom stereocenters. The minimum Gasteiger partial charge on any atom is -0.339 e. The molecule has 9 heteroatoms. The molecule has 33 heavy (non-hydrogen) atoms. The zero-order valence-electron chi connectivity index (χ0n) is 17.8. The van der Waals surface area contributed by atoms with Gasteiger partial charge in [0.1, 0.15) is 23.1 Å². The molecule has 1 N–H and O–H groups in total. The van der Waals surface area contributed by atoms with Gasteiger partial charge >= 0.3 is 0 Å². The molecular formula is C24H21BrFN5O2. The van der Waals surface area contributed by atoms with Crippen molar-refractivity contribution in [2.45, 2.75) is 32.1 Å². The monoisotopic (exact) mass is 509 g/mol. The third-order valence-electron chi connectivity index (χ3n) is 5.95. The molecule has 2 atom stereocenters. The van der Waals surface area contributed by atoms with Crippen LogP contribution in [0.4, 0.5) is 4.39 Å². The van der Waals surface area contributed by atoms with Crippen molar-refractivity contribution in [1.29, 1.82) is 0 Å². The Kier molecular flexibility index (Phi) is 5.57. The highest BCUT2D eigenvalue weighted by molar-refractivity contribution is 9.10.